The van der Waals surface area contributed by atoms with E-state index in [1.807, 2.05) is 42.2 Å². The van der Waals surface area contributed by atoms with Crippen LogP contribution in [0.5, 0.6) is 0 Å². The highest BCUT2D eigenvalue weighted by atomic mass is 32.1. The van der Waals surface area contributed by atoms with Gasteiger partial charge in [0.05, 0.1) is 11.6 Å². The van der Waals surface area contributed by atoms with Gasteiger partial charge in [0.2, 0.25) is 5.91 Å². The van der Waals surface area contributed by atoms with Gasteiger partial charge in [0.25, 0.3) is 5.91 Å². The summed E-state index contributed by atoms with van der Waals surface area (Å²) in [5, 5.41) is 4.34. The Bertz CT molecular complexity index is 1410. The molecule has 37 heavy (non-hydrogen) atoms. The van der Waals surface area contributed by atoms with E-state index in [1.165, 1.54) is 26.1 Å². The van der Waals surface area contributed by atoms with Crippen LogP contribution in [0.25, 0.3) is 10.1 Å². The summed E-state index contributed by atoms with van der Waals surface area (Å²) in [6.45, 7) is 11.0. The minimum atomic E-state index is -0.118. The molecule has 2 amide bonds. The second-order valence-corrected chi connectivity index (χ2v) is 11.4. The Morgan fingerprint density at radius 1 is 1.03 bits per heavy atom. The van der Waals surface area contributed by atoms with Gasteiger partial charge in [0, 0.05) is 59.3 Å². The molecule has 2 aromatic carbocycles. The fourth-order valence-corrected chi connectivity index (χ4v) is 6.48. The molecule has 7 heteroatoms. The van der Waals surface area contributed by atoms with Gasteiger partial charge in [-0.25, -0.2) is 0 Å². The maximum absolute atomic E-state index is 13.3. The van der Waals surface area contributed by atoms with Gasteiger partial charge in [0.1, 0.15) is 0 Å². The number of carbonyl (C=O) groups excluding carboxylic acids is 2. The second-order valence-electron chi connectivity index (χ2n) is 10.2. The number of hydrogen-bond acceptors (Lipinski definition) is 5. The van der Waals surface area contributed by atoms with Gasteiger partial charge >= 0.3 is 0 Å². The normalized spacial score (nSPS) is 18.0. The van der Waals surface area contributed by atoms with E-state index in [-0.39, 0.29) is 17.9 Å². The Kier molecular flexibility index (Phi) is 7.15. The maximum Gasteiger partial charge on any atom is 0.257 e. The zero-order chi connectivity index (χ0) is 26.1. The van der Waals surface area contributed by atoms with Crippen LogP contribution in [0.1, 0.15) is 47.5 Å². The molecule has 2 aliphatic rings. The van der Waals surface area contributed by atoms with E-state index >= 15 is 0 Å². The molecule has 3 heterocycles. The number of para-hydroxylation sites is 1. The Labute approximate surface area is 222 Å². The molecule has 0 aliphatic carbocycles. The van der Waals surface area contributed by atoms with E-state index in [4.69, 9.17) is 0 Å². The van der Waals surface area contributed by atoms with Gasteiger partial charge in [-0.15, -0.1) is 11.3 Å². The SMILES string of the molecule is CC1=CC(C)=NC(CC(=O)N2CCN(c3ccccc3C(=O)Nc3ccc4c(C)c(C)sc4c3)CC2)C1. The number of nitrogens with one attached hydrogen (secondary N) is 1. The van der Waals surface area contributed by atoms with Crippen LogP contribution < -0.4 is 10.2 Å². The van der Waals surface area contributed by atoms with Crippen molar-refractivity contribution in [2.75, 3.05) is 36.4 Å². The standard InChI is InChI=1S/C30H34N4O2S/c1-19-15-20(2)31-24(16-19)18-29(35)34-13-11-33(12-14-34)27-8-6-5-7-26(27)30(36)32-23-9-10-25-21(3)22(4)37-28(25)17-23/h5-10,15,17,24H,11-14,16,18H2,1-4H3,(H,32,36). The van der Waals surface area contributed by atoms with Crippen LogP contribution in [-0.2, 0) is 4.79 Å². The molecule has 1 unspecified atom stereocenters. The number of rotatable bonds is 5. The topological polar surface area (TPSA) is 65.0 Å². The van der Waals surface area contributed by atoms with Crippen LogP contribution in [0.15, 0.2) is 59.1 Å². The molecule has 0 bridgehead atoms. The Hall–Kier alpha value is -3.45. The largest absolute Gasteiger partial charge is 0.367 e. The van der Waals surface area contributed by atoms with Crippen LogP contribution in [-0.4, -0.2) is 54.6 Å². The van der Waals surface area contributed by atoms with Gasteiger partial charge in [-0.05, 0) is 75.4 Å². The first-order valence-corrected chi connectivity index (χ1v) is 13.7. The smallest absolute Gasteiger partial charge is 0.257 e. The van der Waals surface area contributed by atoms with E-state index in [9.17, 15) is 9.59 Å². The Morgan fingerprint density at radius 3 is 2.54 bits per heavy atom. The predicted molar refractivity (Wildman–Crippen MR) is 154 cm³/mol. The fraction of sp³-hybridized carbons (Fsp3) is 0.367. The first kappa shape index (κ1) is 25.2. The van der Waals surface area contributed by atoms with E-state index in [0.717, 1.165) is 23.5 Å². The maximum atomic E-state index is 13.3. The van der Waals surface area contributed by atoms with Crippen LogP contribution in [0.2, 0.25) is 0 Å². The molecule has 0 spiro atoms. The third-order valence-corrected chi connectivity index (χ3v) is 8.54. The highest BCUT2D eigenvalue weighted by Crippen LogP contribution is 2.32. The summed E-state index contributed by atoms with van der Waals surface area (Å²) >= 11 is 1.75. The molecule has 5 rings (SSSR count). The molecule has 1 fully saturated rings. The first-order valence-electron chi connectivity index (χ1n) is 12.9. The number of aryl methyl sites for hydroxylation is 2. The molecular weight excluding hydrogens is 480 g/mol. The number of amides is 2. The molecular formula is C30H34N4O2S. The van der Waals surface area contributed by atoms with Crippen LogP contribution in [0.4, 0.5) is 11.4 Å². The van der Waals surface area contributed by atoms with Crippen molar-refractivity contribution in [3.8, 4) is 0 Å². The number of thiophene rings is 1. The van der Waals surface area contributed by atoms with Crippen molar-refractivity contribution < 1.29 is 9.59 Å². The predicted octanol–water partition coefficient (Wildman–Crippen LogP) is 5.99. The third kappa shape index (κ3) is 5.47. The van der Waals surface area contributed by atoms with Crippen molar-refractivity contribution in [2.24, 2.45) is 4.99 Å². The Morgan fingerprint density at radius 2 is 1.78 bits per heavy atom. The first-order chi connectivity index (χ1) is 17.8. The summed E-state index contributed by atoms with van der Waals surface area (Å²) < 4.78 is 1.18. The van der Waals surface area contributed by atoms with Crippen molar-refractivity contribution in [1.29, 1.82) is 0 Å². The molecule has 1 N–H and O–H groups in total. The number of piperazine rings is 1. The van der Waals surface area contributed by atoms with Gasteiger partial charge in [-0.2, -0.15) is 0 Å². The lowest BCUT2D eigenvalue weighted by Gasteiger charge is -2.37. The molecule has 0 saturated carbocycles. The lowest BCUT2D eigenvalue weighted by Crippen LogP contribution is -2.49. The minimum Gasteiger partial charge on any atom is -0.367 e. The van der Waals surface area contributed by atoms with E-state index in [0.29, 0.717) is 38.2 Å². The molecule has 1 saturated heterocycles. The summed E-state index contributed by atoms with van der Waals surface area (Å²) in [6.07, 6.45) is 3.40. The average molecular weight is 515 g/mol. The molecule has 3 aromatic rings. The quantitative estimate of drug-likeness (QED) is 0.455. The van der Waals surface area contributed by atoms with Crippen molar-refractivity contribution in [2.45, 2.75) is 46.6 Å². The number of hydrogen-bond donors (Lipinski definition) is 1. The number of benzene rings is 2. The van der Waals surface area contributed by atoms with Crippen molar-refractivity contribution in [3.05, 3.63) is 70.1 Å². The Balaban J connectivity index is 1.23. The number of anilines is 2. The summed E-state index contributed by atoms with van der Waals surface area (Å²) in [5.41, 5.74) is 5.94. The summed E-state index contributed by atoms with van der Waals surface area (Å²) in [5.74, 6) is 0.0452. The third-order valence-electron chi connectivity index (χ3n) is 7.37. The average Bonchev–Trinajstić information content (AvgIpc) is 3.16. The number of nitrogens with zero attached hydrogens (tertiary/aromatic N) is 3. The van der Waals surface area contributed by atoms with E-state index in [2.05, 4.69) is 54.2 Å². The molecule has 1 aromatic heterocycles. The van der Waals surface area contributed by atoms with Crippen LogP contribution in [0.3, 0.4) is 0 Å². The van der Waals surface area contributed by atoms with Crippen molar-refractivity contribution in [1.82, 2.24) is 4.90 Å². The van der Waals surface area contributed by atoms with Gasteiger partial charge in [-0.3, -0.25) is 14.6 Å². The second kappa shape index (κ2) is 10.5. The molecule has 192 valence electrons. The van der Waals surface area contributed by atoms with Gasteiger partial charge < -0.3 is 15.1 Å². The van der Waals surface area contributed by atoms with E-state index in [1.54, 1.807) is 11.3 Å². The van der Waals surface area contributed by atoms with Gasteiger partial charge in [-0.1, -0.05) is 23.8 Å². The van der Waals surface area contributed by atoms with Crippen molar-refractivity contribution >= 4 is 50.3 Å². The van der Waals surface area contributed by atoms with Gasteiger partial charge in [0.15, 0.2) is 0 Å². The van der Waals surface area contributed by atoms with E-state index < -0.39 is 0 Å². The zero-order valence-corrected chi connectivity index (χ0v) is 22.8. The summed E-state index contributed by atoms with van der Waals surface area (Å²) in [6, 6.07) is 13.9. The molecule has 6 nitrogen and oxygen atoms in total. The zero-order valence-electron chi connectivity index (χ0n) is 22.0. The molecule has 0 radical (unpaired) electrons. The van der Waals surface area contributed by atoms with Crippen molar-refractivity contribution in [3.63, 3.8) is 0 Å². The number of aliphatic imine (C=N–C) groups is 1. The van der Waals surface area contributed by atoms with Crippen LogP contribution in [0, 0.1) is 13.8 Å². The highest BCUT2D eigenvalue weighted by Gasteiger charge is 2.26. The number of fused-ring (bicyclic) bond motifs is 1. The number of dihydropyridines is 1. The monoisotopic (exact) mass is 514 g/mol. The lowest BCUT2D eigenvalue weighted by atomic mass is 10.00. The summed E-state index contributed by atoms with van der Waals surface area (Å²) in [4.78, 5) is 36.4. The van der Waals surface area contributed by atoms with Crippen LogP contribution >= 0.6 is 11.3 Å². The highest BCUT2D eigenvalue weighted by molar-refractivity contribution is 7.19. The number of allylic oxidation sites excluding steroid dienone is 1. The number of carbonyl (C=O) groups is 2. The summed E-state index contributed by atoms with van der Waals surface area (Å²) in [7, 11) is 0. The molecule has 1 atom stereocenters. The minimum absolute atomic E-state index is 0.0428. The fourth-order valence-electron chi connectivity index (χ4n) is 5.37. The lowest BCUT2D eigenvalue weighted by molar-refractivity contribution is -0.131. The molecule has 2 aliphatic heterocycles.